The summed E-state index contributed by atoms with van der Waals surface area (Å²) in [5.74, 6) is 1.47. The molecule has 148 valence electrons. The molecule has 2 heterocycles. The molecule has 0 saturated carbocycles. The molecule has 9 heteroatoms. The third-order valence-corrected chi connectivity index (χ3v) is 6.41. The summed E-state index contributed by atoms with van der Waals surface area (Å²) in [5.41, 5.74) is 0. The molecule has 0 spiro atoms. The second kappa shape index (κ2) is 9.36. The lowest BCUT2D eigenvalue weighted by atomic mass is 9.93. The number of nitrogens with one attached hydrogen (secondary N) is 1. The number of aliphatic imine (C=N–C) groups is 1. The maximum Gasteiger partial charge on any atom is 0.211 e. The Morgan fingerprint density at radius 3 is 2.81 bits per heavy atom. The maximum atomic E-state index is 11.6. The summed E-state index contributed by atoms with van der Waals surface area (Å²) in [5, 5.41) is 3.38. The van der Waals surface area contributed by atoms with Crippen molar-refractivity contribution in [2.75, 3.05) is 46.0 Å². The molecular weight excluding hydrogens is 352 g/mol. The highest BCUT2D eigenvalue weighted by Crippen LogP contribution is 2.27. The van der Waals surface area contributed by atoms with Crippen molar-refractivity contribution < 1.29 is 8.42 Å². The SMILES string of the molecule is CCN(CCCNC(=NC)N1CCC(C)C(n2ccnc2)C1)S(C)(=O)=O. The monoisotopic (exact) mass is 384 g/mol. The first-order valence-electron chi connectivity index (χ1n) is 9.25. The van der Waals surface area contributed by atoms with Crippen molar-refractivity contribution in [3.05, 3.63) is 18.7 Å². The van der Waals surface area contributed by atoms with Crippen LogP contribution in [0.15, 0.2) is 23.7 Å². The molecule has 2 rings (SSSR count). The van der Waals surface area contributed by atoms with Gasteiger partial charge in [0.25, 0.3) is 0 Å². The fourth-order valence-electron chi connectivity index (χ4n) is 3.44. The normalized spacial score (nSPS) is 22.0. The molecule has 1 fully saturated rings. The zero-order chi connectivity index (χ0) is 19.2. The first kappa shape index (κ1) is 20.7. The Labute approximate surface area is 157 Å². The van der Waals surface area contributed by atoms with E-state index in [1.165, 1.54) is 10.6 Å². The van der Waals surface area contributed by atoms with Gasteiger partial charge in [0.2, 0.25) is 10.0 Å². The number of nitrogens with zero attached hydrogens (tertiary/aromatic N) is 5. The standard InChI is InChI=1S/C17H32N6O2S/c1-5-23(26(4,24)25)10-6-8-20-17(18-3)21-11-7-15(2)16(13-21)22-12-9-19-14-22/h9,12,14-16H,5-8,10-11,13H2,1-4H3,(H,18,20). The fourth-order valence-corrected chi connectivity index (χ4v) is 4.37. The molecule has 0 aliphatic carbocycles. The van der Waals surface area contributed by atoms with Gasteiger partial charge in [0.15, 0.2) is 5.96 Å². The van der Waals surface area contributed by atoms with E-state index >= 15 is 0 Å². The molecule has 8 nitrogen and oxygen atoms in total. The predicted molar refractivity (Wildman–Crippen MR) is 105 cm³/mol. The van der Waals surface area contributed by atoms with Crippen molar-refractivity contribution in [2.45, 2.75) is 32.7 Å². The average Bonchev–Trinajstić information content (AvgIpc) is 3.12. The van der Waals surface area contributed by atoms with Crippen LogP contribution in [0.2, 0.25) is 0 Å². The van der Waals surface area contributed by atoms with E-state index in [0.717, 1.165) is 31.9 Å². The van der Waals surface area contributed by atoms with Gasteiger partial charge in [-0.3, -0.25) is 4.99 Å². The first-order chi connectivity index (χ1) is 12.4. The van der Waals surface area contributed by atoms with Crippen LogP contribution < -0.4 is 5.32 Å². The highest BCUT2D eigenvalue weighted by Gasteiger charge is 2.28. The number of imidazole rings is 1. The molecule has 1 aromatic heterocycles. The lowest BCUT2D eigenvalue weighted by Gasteiger charge is -2.39. The summed E-state index contributed by atoms with van der Waals surface area (Å²) in [4.78, 5) is 10.9. The van der Waals surface area contributed by atoms with E-state index in [0.29, 0.717) is 31.6 Å². The van der Waals surface area contributed by atoms with Gasteiger partial charge < -0.3 is 14.8 Å². The van der Waals surface area contributed by atoms with Gasteiger partial charge in [-0.25, -0.2) is 17.7 Å². The van der Waals surface area contributed by atoms with Crippen LogP contribution >= 0.6 is 0 Å². The Hall–Kier alpha value is -1.61. The van der Waals surface area contributed by atoms with Crippen LogP contribution in [-0.4, -0.2) is 79.2 Å². The van der Waals surface area contributed by atoms with Crippen LogP contribution in [0.3, 0.4) is 0 Å². The molecule has 0 bridgehead atoms. The Bertz CT molecular complexity index is 673. The van der Waals surface area contributed by atoms with E-state index in [1.54, 1.807) is 7.05 Å². The van der Waals surface area contributed by atoms with Gasteiger partial charge in [-0.05, 0) is 18.8 Å². The molecule has 2 atom stereocenters. The van der Waals surface area contributed by atoms with Crippen LogP contribution in [0.5, 0.6) is 0 Å². The van der Waals surface area contributed by atoms with Gasteiger partial charge in [-0.15, -0.1) is 0 Å². The number of rotatable bonds is 7. The maximum absolute atomic E-state index is 11.6. The zero-order valence-corrected chi connectivity index (χ0v) is 17.1. The molecule has 0 amide bonds. The van der Waals surface area contributed by atoms with Crippen LogP contribution in [-0.2, 0) is 10.0 Å². The number of hydrogen-bond acceptors (Lipinski definition) is 4. The quantitative estimate of drug-likeness (QED) is 0.431. The molecular formula is C17H32N6O2S. The molecule has 1 N–H and O–H groups in total. The van der Waals surface area contributed by atoms with Gasteiger partial charge in [0.1, 0.15) is 0 Å². The summed E-state index contributed by atoms with van der Waals surface area (Å²) < 4.78 is 27.0. The van der Waals surface area contributed by atoms with E-state index < -0.39 is 10.0 Å². The summed E-state index contributed by atoms with van der Waals surface area (Å²) in [7, 11) is -1.33. The Kier molecular flexibility index (Phi) is 7.45. The second-order valence-corrected chi connectivity index (χ2v) is 8.85. The lowest BCUT2D eigenvalue weighted by Crippen LogP contribution is -2.49. The van der Waals surface area contributed by atoms with Gasteiger partial charge >= 0.3 is 0 Å². The number of aromatic nitrogens is 2. The van der Waals surface area contributed by atoms with Gasteiger partial charge in [-0.1, -0.05) is 13.8 Å². The number of sulfonamides is 1. The third kappa shape index (κ3) is 5.44. The highest BCUT2D eigenvalue weighted by molar-refractivity contribution is 7.88. The van der Waals surface area contributed by atoms with Gasteiger partial charge in [0, 0.05) is 52.2 Å². The molecule has 1 aliphatic rings. The summed E-state index contributed by atoms with van der Waals surface area (Å²) in [6.07, 6.45) is 8.82. The smallest absolute Gasteiger partial charge is 0.211 e. The summed E-state index contributed by atoms with van der Waals surface area (Å²) in [6, 6.07) is 0.380. The first-order valence-corrected chi connectivity index (χ1v) is 11.1. The fraction of sp³-hybridized carbons (Fsp3) is 0.765. The lowest BCUT2D eigenvalue weighted by molar-refractivity contribution is 0.189. The van der Waals surface area contributed by atoms with Crippen molar-refractivity contribution in [3.8, 4) is 0 Å². The minimum Gasteiger partial charge on any atom is -0.356 e. The molecule has 1 saturated heterocycles. The molecule has 2 unspecified atom stereocenters. The molecule has 26 heavy (non-hydrogen) atoms. The average molecular weight is 385 g/mol. The minimum atomic E-state index is -3.12. The predicted octanol–water partition coefficient (Wildman–Crippen LogP) is 1.01. The number of piperidine rings is 1. The van der Waals surface area contributed by atoms with E-state index in [4.69, 9.17) is 0 Å². The number of likely N-dealkylation sites (tertiary alicyclic amines) is 1. The number of guanidine groups is 1. The minimum absolute atomic E-state index is 0.380. The van der Waals surface area contributed by atoms with Crippen molar-refractivity contribution in [3.63, 3.8) is 0 Å². The van der Waals surface area contributed by atoms with E-state index in [-0.39, 0.29) is 0 Å². The summed E-state index contributed by atoms with van der Waals surface area (Å²) in [6.45, 7) is 7.72. The van der Waals surface area contributed by atoms with Crippen molar-refractivity contribution >= 4 is 16.0 Å². The van der Waals surface area contributed by atoms with Crippen LogP contribution in [0.4, 0.5) is 0 Å². The molecule has 1 aliphatic heterocycles. The molecule has 0 radical (unpaired) electrons. The largest absolute Gasteiger partial charge is 0.356 e. The van der Waals surface area contributed by atoms with E-state index in [2.05, 4.69) is 31.7 Å². The van der Waals surface area contributed by atoms with Crippen molar-refractivity contribution in [2.24, 2.45) is 10.9 Å². The third-order valence-electron chi connectivity index (χ3n) is 5.03. The van der Waals surface area contributed by atoms with Crippen LogP contribution in [0.1, 0.15) is 32.7 Å². The van der Waals surface area contributed by atoms with Crippen LogP contribution in [0, 0.1) is 5.92 Å². The molecule has 1 aromatic rings. The van der Waals surface area contributed by atoms with Gasteiger partial charge in [0.05, 0.1) is 18.6 Å². The Morgan fingerprint density at radius 2 is 2.23 bits per heavy atom. The Morgan fingerprint density at radius 1 is 1.46 bits per heavy atom. The highest BCUT2D eigenvalue weighted by atomic mass is 32.2. The Balaban J connectivity index is 1.86. The van der Waals surface area contributed by atoms with Crippen molar-refractivity contribution in [1.29, 1.82) is 0 Å². The van der Waals surface area contributed by atoms with E-state index in [9.17, 15) is 8.42 Å². The summed E-state index contributed by atoms with van der Waals surface area (Å²) >= 11 is 0. The zero-order valence-electron chi connectivity index (χ0n) is 16.3. The van der Waals surface area contributed by atoms with Crippen LogP contribution in [0.25, 0.3) is 0 Å². The number of hydrogen-bond donors (Lipinski definition) is 1. The van der Waals surface area contributed by atoms with E-state index in [1.807, 2.05) is 25.6 Å². The van der Waals surface area contributed by atoms with Gasteiger partial charge in [-0.2, -0.15) is 0 Å². The topological polar surface area (TPSA) is 82.8 Å². The molecule has 0 aromatic carbocycles. The second-order valence-electron chi connectivity index (χ2n) is 6.87. The van der Waals surface area contributed by atoms with Crippen molar-refractivity contribution in [1.82, 2.24) is 24.1 Å².